The van der Waals surface area contributed by atoms with E-state index >= 15 is 0 Å². The first kappa shape index (κ1) is 11.3. The second-order valence-electron chi connectivity index (χ2n) is 3.62. The molecule has 84 valence electrons. The Bertz CT molecular complexity index is 542. The third-order valence-corrected chi connectivity index (χ3v) is 2.61. The minimum absolute atomic E-state index is 0.671. The fraction of sp³-hybridized carbons (Fsp3) is 0.0667. The molecule has 0 saturated heterocycles. The number of hydrogen-bond donors (Lipinski definition) is 0. The topological polar surface area (TPSA) is 24.7 Å². The lowest BCUT2D eigenvalue weighted by atomic mass is 9.99. The van der Waals surface area contributed by atoms with Crippen molar-refractivity contribution in [3.8, 4) is 11.1 Å². The number of hydrogen-bond acceptors (Lipinski definition) is 1. The normalized spacial score (nSPS) is 11.2. The smallest absolute Gasteiger partial charge is 0.154 e. The van der Waals surface area contributed by atoms with Gasteiger partial charge in [-0.2, -0.15) is 0 Å². The van der Waals surface area contributed by atoms with E-state index < -0.39 is 0 Å². The molecule has 0 radical (unpaired) electrons. The van der Waals surface area contributed by atoms with E-state index in [0.717, 1.165) is 16.7 Å². The summed E-state index contributed by atoms with van der Waals surface area (Å²) in [7, 11) is 1.73. The molecule has 0 atom stereocenters. The standard InChI is InChI=1S/C15H14N2/c1-16-15(17-2)14-11-7-6-10-13(14)12-8-4-3-5-9-12/h3-11H,1H2,2H3/b17-15-. The molecule has 0 aliphatic heterocycles. The Labute approximate surface area is 101 Å². The van der Waals surface area contributed by atoms with E-state index in [4.69, 9.17) is 0 Å². The lowest BCUT2D eigenvalue weighted by molar-refractivity contribution is 1.39. The summed E-state index contributed by atoms with van der Waals surface area (Å²) in [4.78, 5) is 8.11. The Balaban J connectivity index is 2.60. The minimum Gasteiger partial charge on any atom is -0.270 e. The molecule has 2 aromatic carbocycles. The molecule has 0 bridgehead atoms. The van der Waals surface area contributed by atoms with Crippen molar-refractivity contribution in [2.45, 2.75) is 0 Å². The summed E-state index contributed by atoms with van der Waals surface area (Å²) < 4.78 is 0. The molecule has 0 spiro atoms. The molecule has 0 N–H and O–H groups in total. The Hall–Kier alpha value is -2.22. The highest BCUT2D eigenvalue weighted by Gasteiger charge is 2.07. The maximum Gasteiger partial charge on any atom is 0.154 e. The van der Waals surface area contributed by atoms with Crippen LogP contribution in [0.5, 0.6) is 0 Å². The van der Waals surface area contributed by atoms with Gasteiger partial charge in [-0.25, -0.2) is 4.99 Å². The summed E-state index contributed by atoms with van der Waals surface area (Å²) in [6, 6.07) is 18.3. The van der Waals surface area contributed by atoms with Crippen LogP contribution in [0.3, 0.4) is 0 Å². The molecular weight excluding hydrogens is 208 g/mol. The third kappa shape index (κ3) is 2.31. The van der Waals surface area contributed by atoms with Crippen molar-refractivity contribution in [1.82, 2.24) is 0 Å². The summed E-state index contributed by atoms with van der Waals surface area (Å²) in [5, 5.41) is 0. The Kier molecular flexibility index (Phi) is 3.46. The van der Waals surface area contributed by atoms with Crippen LogP contribution in [-0.2, 0) is 0 Å². The maximum atomic E-state index is 4.15. The van der Waals surface area contributed by atoms with Crippen molar-refractivity contribution >= 4 is 12.6 Å². The van der Waals surface area contributed by atoms with Crippen molar-refractivity contribution in [1.29, 1.82) is 0 Å². The zero-order chi connectivity index (χ0) is 12.1. The zero-order valence-electron chi connectivity index (χ0n) is 9.80. The van der Waals surface area contributed by atoms with E-state index in [-0.39, 0.29) is 0 Å². The Morgan fingerprint density at radius 2 is 1.59 bits per heavy atom. The Morgan fingerprint density at radius 1 is 0.941 bits per heavy atom. The van der Waals surface area contributed by atoms with Gasteiger partial charge in [0.2, 0.25) is 0 Å². The van der Waals surface area contributed by atoms with Gasteiger partial charge >= 0.3 is 0 Å². The van der Waals surface area contributed by atoms with E-state index in [9.17, 15) is 0 Å². The first-order valence-electron chi connectivity index (χ1n) is 5.45. The number of aliphatic imine (C=N–C) groups is 2. The van der Waals surface area contributed by atoms with Crippen LogP contribution in [0.25, 0.3) is 11.1 Å². The molecule has 0 amide bonds. The van der Waals surface area contributed by atoms with Gasteiger partial charge in [0.25, 0.3) is 0 Å². The monoisotopic (exact) mass is 222 g/mol. The van der Waals surface area contributed by atoms with Gasteiger partial charge in [0.15, 0.2) is 5.84 Å². The molecule has 2 rings (SSSR count). The Morgan fingerprint density at radius 3 is 2.24 bits per heavy atom. The van der Waals surface area contributed by atoms with Crippen LogP contribution in [0.2, 0.25) is 0 Å². The molecule has 0 saturated carbocycles. The highest BCUT2D eigenvalue weighted by Crippen LogP contribution is 2.24. The molecular formula is C15H14N2. The highest BCUT2D eigenvalue weighted by molar-refractivity contribution is 6.06. The maximum absolute atomic E-state index is 4.15. The van der Waals surface area contributed by atoms with E-state index in [1.165, 1.54) is 0 Å². The van der Waals surface area contributed by atoms with Gasteiger partial charge < -0.3 is 0 Å². The van der Waals surface area contributed by atoms with Crippen LogP contribution >= 0.6 is 0 Å². The average Bonchev–Trinajstić information content (AvgIpc) is 2.42. The SMILES string of the molecule is C=N/C(=N\C)c1ccccc1-c1ccccc1. The molecule has 0 fully saturated rings. The van der Waals surface area contributed by atoms with Crippen molar-refractivity contribution in [3.63, 3.8) is 0 Å². The summed E-state index contributed by atoms with van der Waals surface area (Å²) in [5.41, 5.74) is 3.30. The minimum atomic E-state index is 0.671. The van der Waals surface area contributed by atoms with Crippen LogP contribution in [-0.4, -0.2) is 19.6 Å². The largest absolute Gasteiger partial charge is 0.270 e. The molecule has 17 heavy (non-hydrogen) atoms. The molecule has 0 aliphatic rings. The van der Waals surface area contributed by atoms with Gasteiger partial charge in [-0.15, -0.1) is 0 Å². The second-order valence-corrected chi connectivity index (χ2v) is 3.62. The predicted molar refractivity (Wildman–Crippen MR) is 73.9 cm³/mol. The zero-order valence-corrected chi connectivity index (χ0v) is 9.80. The quantitative estimate of drug-likeness (QED) is 0.549. The summed E-state index contributed by atoms with van der Waals surface area (Å²) in [6.07, 6.45) is 0. The van der Waals surface area contributed by atoms with Crippen LogP contribution in [0.15, 0.2) is 64.6 Å². The van der Waals surface area contributed by atoms with Gasteiger partial charge in [-0.1, -0.05) is 54.6 Å². The van der Waals surface area contributed by atoms with Gasteiger partial charge in [0.1, 0.15) is 0 Å². The van der Waals surface area contributed by atoms with Crippen LogP contribution in [0.1, 0.15) is 5.56 Å². The summed E-state index contributed by atoms with van der Waals surface area (Å²) >= 11 is 0. The van der Waals surface area contributed by atoms with Gasteiger partial charge in [0, 0.05) is 12.6 Å². The number of amidine groups is 1. The van der Waals surface area contributed by atoms with Crippen molar-refractivity contribution in [2.24, 2.45) is 9.98 Å². The molecule has 0 unspecified atom stereocenters. The first-order valence-corrected chi connectivity index (χ1v) is 5.45. The fourth-order valence-corrected chi connectivity index (χ4v) is 1.82. The molecule has 2 nitrogen and oxygen atoms in total. The van der Waals surface area contributed by atoms with Crippen molar-refractivity contribution in [2.75, 3.05) is 7.05 Å². The van der Waals surface area contributed by atoms with Gasteiger partial charge in [-0.05, 0) is 17.8 Å². The van der Waals surface area contributed by atoms with E-state index in [0.29, 0.717) is 5.84 Å². The van der Waals surface area contributed by atoms with Crippen molar-refractivity contribution < 1.29 is 0 Å². The fourth-order valence-electron chi connectivity index (χ4n) is 1.82. The molecule has 0 aromatic heterocycles. The van der Waals surface area contributed by atoms with Crippen molar-refractivity contribution in [3.05, 3.63) is 60.2 Å². The number of nitrogens with zero attached hydrogens (tertiary/aromatic N) is 2. The lowest BCUT2D eigenvalue weighted by Gasteiger charge is -2.08. The second kappa shape index (κ2) is 5.21. The number of rotatable bonds is 2. The summed E-state index contributed by atoms with van der Waals surface area (Å²) in [6.45, 7) is 3.56. The number of benzene rings is 2. The van der Waals surface area contributed by atoms with E-state index in [1.54, 1.807) is 7.05 Å². The van der Waals surface area contributed by atoms with Crippen LogP contribution in [0, 0.1) is 0 Å². The predicted octanol–water partition coefficient (Wildman–Crippen LogP) is 3.43. The third-order valence-electron chi connectivity index (χ3n) is 2.61. The van der Waals surface area contributed by atoms with Crippen LogP contribution in [0.4, 0.5) is 0 Å². The highest BCUT2D eigenvalue weighted by atomic mass is 14.9. The lowest BCUT2D eigenvalue weighted by Crippen LogP contribution is -1.99. The molecule has 2 aromatic rings. The molecule has 0 aliphatic carbocycles. The first-order chi connectivity index (χ1) is 8.36. The van der Waals surface area contributed by atoms with Gasteiger partial charge in [-0.3, -0.25) is 4.99 Å². The summed E-state index contributed by atoms with van der Waals surface area (Å²) in [5.74, 6) is 0.671. The average molecular weight is 222 g/mol. The van der Waals surface area contributed by atoms with Gasteiger partial charge in [0.05, 0.1) is 0 Å². The van der Waals surface area contributed by atoms with Crippen LogP contribution < -0.4 is 0 Å². The molecule has 0 heterocycles. The molecule has 2 heteroatoms. The van der Waals surface area contributed by atoms with E-state index in [2.05, 4.69) is 34.9 Å². The van der Waals surface area contributed by atoms with E-state index in [1.807, 2.05) is 36.4 Å².